The van der Waals surface area contributed by atoms with Crippen LogP contribution in [0.3, 0.4) is 0 Å². The zero-order valence-corrected chi connectivity index (χ0v) is 28.2. The summed E-state index contributed by atoms with van der Waals surface area (Å²) in [6, 6.07) is 15.2. The van der Waals surface area contributed by atoms with E-state index in [0.717, 1.165) is 44.7 Å². The molecule has 0 spiro atoms. The Hall–Kier alpha value is -3.47. The van der Waals surface area contributed by atoms with E-state index in [4.69, 9.17) is 14.5 Å². The monoisotopic (exact) mass is 680 g/mol. The number of hydrogen-bond donors (Lipinski definition) is 1. The van der Waals surface area contributed by atoms with Crippen LogP contribution < -0.4 is 4.90 Å². The van der Waals surface area contributed by atoms with E-state index in [0.29, 0.717) is 43.6 Å². The Morgan fingerprint density at radius 3 is 2.49 bits per heavy atom. The van der Waals surface area contributed by atoms with Gasteiger partial charge in [0, 0.05) is 57.4 Å². The van der Waals surface area contributed by atoms with Crippen LogP contribution in [0.4, 0.5) is 14.9 Å². The van der Waals surface area contributed by atoms with Crippen molar-refractivity contribution in [1.82, 2.24) is 14.5 Å². The average Bonchev–Trinajstić information content (AvgIpc) is 3.34. The molecule has 2 aromatic carbocycles. The third-order valence-corrected chi connectivity index (χ3v) is 9.22. The Balaban J connectivity index is 1.51. The van der Waals surface area contributed by atoms with Crippen LogP contribution in [0.2, 0.25) is 0 Å². The van der Waals surface area contributed by atoms with Crippen molar-refractivity contribution in [1.29, 1.82) is 0 Å². The number of carbonyl (C=O) groups is 1. The molecule has 240 valence electrons. The number of carbonyl (C=O) groups excluding carboxylic acids is 1. The molecule has 1 aliphatic heterocycles. The number of nitrogens with zero attached hydrogens (tertiary/aromatic N) is 4. The minimum atomic E-state index is -0.411. The topological polar surface area (TPSA) is 80.1 Å². The molecule has 45 heavy (non-hydrogen) atoms. The molecular formula is C35H42BrFN4O4. The van der Waals surface area contributed by atoms with Gasteiger partial charge in [0.05, 0.1) is 39.4 Å². The van der Waals surface area contributed by atoms with Crippen molar-refractivity contribution in [2.24, 2.45) is 5.41 Å². The number of pyridine rings is 1. The predicted octanol–water partition coefficient (Wildman–Crippen LogP) is 7.35. The third kappa shape index (κ3) is 7.03. The standard InChI is InChI=1S/C35H42BrFN4O4/c1-6-41-31-18-30(37)29(36)17-26(31)28(19-35(3,4)22-42)33(41)27-16-25(20-38-32(27)23(2)44-5)39-12-14-40(15-13-39)34(43)45-21-24-10-8-7-9-11-24/h7-11,16-18,20,23,42H,6,12-15,19,21-22H2,1-5H3/t23-/m0/s1. The quantitative estimate of drug-likeness (QED) is 0.189. The van der Waals surface area contributed by atoms with Gasteiger partial charge in [-0.1, -0.05) is 44.2 Å². The van der Waals surface area contributed by atoms with Crippen LogP contribution in [-0.4, -0.2) is 65.5 Å². The lowest BCUT2D eigenvalue weighted by molar-refractivity contribution is 0.0941. The number of aromatic nitrogens is 2. The fourth-order valence-electron chi connectivity index (χ4n) is 5.98. The van der Waals surface area contributed by atoms with Crippen molar-refractivity contribution in [3.63, 3.8) is 0 Å². The molecule has 1 amide bonds. The van der Waals surface area contributed by atoms with E-state index < -0.39 is 5.41 Å². The van der Waals surface area contributed by atoms with E-state index in [9.17, 15) is 14.3 Å². The van der Waals surface area contributed by atoms with Crippen molar-refractivity contribution in [3.8, 4) is 11.3 Å². The van der Waals surface area contributed by atoms with Gasteiger partial charge < -0.3 is 28.9 Å². The van der Waals surface area contributed by atoms with Crippen LogP contribution >= 0.6 is 15.9 Å². The van der Waals surface area contributed by atoms with Crippen LogP contribution in [0.5, 0.6) is 0 Å². The summed E-state index contributed by atoms with van der Waals surface area (Å²) < 4.78 is 28.8. The summed E-state index contributed by atoms with van der Waals surface area (Å²) in [6.45, 7) is 11.2. The molecule has 8 nitrogen and oxygen atoms in total. The van der Waals surface area contributed by atoms with Crippen LogP contribution in [0.25, 0.3) is 22.2 Å². The number of benzene rings is 2. The highest BCUT2D eigenvalue weighted by atomic mass is 79.9. The second-order valence-electron chi connectivity index (χ2n) is 12.4. The Labute approximate surface area is 272 Å². The lowest BCUT2D eigenvalue weighted by atomic mass is 9.84. The van der Waals surface area contributed by atoms with Gasteiger partial charge in [-0.05, 0) is 70.9 Å². The van der Waals surface area contributed by atoms with E-state index in [1.54, 1.807) is 18.1 Å². The summed E-state index contributed by atoms with van der Waals surface area (Å²) >= 11 is 3.40. The lowest BCUT2D eigenvalue weighted by Crippen LogP contribution is -2.49. The fraction of sp³-hybridized carbons (Fsp3) is 0.429. The average molecular weight is 682 g/mol. The fourth-order valence-corrected chi connectivity index (χ4v) is 6.33. The largest absolute Gasteiger partial charge is 0.445 e. The predicted molar refractivity (Wildman–Crippen MR) is 179 cm³/mol. The molecular weight excluding hydrogens is 639 g/mol. The van der Waals surface area contributed by atoms with E-state index in [-0.39, 0.29) is 31.2 Å². The second-order valence-corrected chi connectivity index (χ2v) is 13.2. The van der Waals surface area contributed by atoms with Gasteiger partial charge in [-0.3, -0.25) is 4.98 Å². The number of ether oxygens (including phenoxy) is 2. The molecule has 1 atom stereocenters. The molecule has 0 saturated carbocycles. The summed E-state index contributed by atoms with van der Waals surface area (Å²) in [4.78, 5) is 21.7. The Morgan fingerprint density at radius 1 is 1.13 bits per heavy atom. The van der Waals surface area contributed by atoms with Crippen molar-refractivity contribution < 1.29 is 23.8 Å². The maximum absolute atomic E-state index is 14.9. The maximum atomic E-state index is 14.9. The summed E-state index contributed by atoms with van der Waals surface area (Å²) in [5.41, 5.74) is 5.93. The zero-order valence-electron chi connectivity index (χ0n) is 26.6. The van der Waals surface area contributed by atoms with Crippen molar-refractivity contribution in [2.45, 2.75) is 53.4 Å². The smallest absolute Gasteiger partial charge is 0.410 e. The first-order valence-electron chi connectivity index (χ1n) is 15.4. The van der Waals surface area contributed by atoms with Gasteiger partial charge in [0.25, 0.3) is 0 Å². The molecule has 4 aromatic rings. The van der Waals surface area contributed by atoms with Gasteiger partial charge in [0.2, 0.25) is 0 Å². The van der Waals surface area contributed by atoms with Gasteiger partial charge in [0.1, 0.15) is 12.4 Å². The number of methoxy groups -OCH3 is 1. The molecule has 0 unspecified atom stereocenters. The minimum absolute atomic E-state index is 0.00524. The van der Waals surface area contributed by atoms with Crippen LogP contribution in [0.1, 0.15) is 50.6 Å². The van der Waals surface area contributed by atoms with E-state index in [1.165, 1.54) is 0 Å². The summed E-state index contributed by atoms with van der Waals surface area (Å²) in [5.74, 6) is -0.327. The number of piperazine rings is 1. The molecule has 5 rings (SSSR count). The Bertz CT molecular complexity index is 1650. The first kappa shape index (κ1) is 32.9. The first-order chi connectivity index (χ1) is 21.6. The number of fused-ring (bicyclic) bond motifs is 1. The van der Waals surface area contributed by atoms with Crippen LogP contribution in [-0.2, 0) is 29.0 Å². The molecule has 0 aliphatic carbocycles. The van der Waals surface area contributed by atoms with Crippen LogP contribution in [0, 0.1) is 11.2 Å². The number of anilines is 1. The number of halogens is 2. The SMILES string of the molecule is CCn1c(-c2cc(N3CCN(C(=O)OCc4ccccc4)CC3)cnc2[C@H](C)OC)c(CC(C)(C)CO)c2cc(Br)c(F)cc21. The molecule has 10 heteroatoms. The Morgan fingerprint density at radius 2 is 1.84 bits per heavy atom. The van der Waals surface area contributed by atoms with E-state index in [2.05, 4.69) is 38.4 Å². The number of rotatable bonds is 10. The first-order valence-corrected chi connectivity index (χ1v) is 16.2. The molecule has 1 saturated heterocycles. The van der Waals surface area contributed by atoms with Gasteiger partial charge >= 0.3 is 6.09 Å². The molecule has 1 N–H and O–H groups in total. The summed E-state index contributed by atoms with van der Waals surface area (Å²) in [7, 11) is 1.66. The normalized spacial score (nSPS) is 14.7. The molecule has 1 fully saturated rings. The highest BCUT2D eigenvalue weighted by Crippen LogP contribution is 2.42. The molecule has 0 radical (unpaired) electrons. The number of aliphatic hydroxyl groups excluding tert-OH is 1. The zero-order chi connectivity index (χ0) is 32.3. The maximum Gasteiger partial charge on any atom is 0.410 e. The molecule has 0 bridgehead atoms. The Kier molecular flexibility index (Phi) is 10.2. The second kappa shape index (κ2) is 13.9. The van der Waals surface area contributed by atoms with Crippen molar-refractivity contribution >= 4 is 38.6 Å². The number of hydrogen-bond acceptors (Lipinski definition) is 6. The number of aryl methyl sites for hydroxylation is 1. The lowest BCUT2D eigenvalue weighted by Gasteiger charge is -2.35. The van der Waals surface area contributed by atoms with E-state index >= 15 is 0 Å². The minimum Gasteiger partial charge on any atom is -0.445 e. The highest BCUT2D eigenvalue weighted by Gasteiger charge is 2.30. The number of amides is 1. The van der Waals surface area contributed by atoms with Gasteiger partial charge in [0.15, 0.2) is 0 Å². The molecule has 1 aliphatic rings. The molecule has 2 aromatic heterocycles. The van der Waals surface area contributed by atoms with Gasteiger partial charge in [-0.25, -0.2) is 9.18 Å². The van der Waals surface area contributed by atoms with Gasteiger partial charge in [-0.15, -0.1) is 0 Å². The molecule has 3 heterocycles. The highest BCUT2D eigenvalue weighted by molar-refractivity contribution is 9.10. The van der Waals surface area contributed by atoms with Crippen LogP contribution in [0.15, 0.2) is 59.2 Å². The summed E-state index contributed by atoms with van der Waals surface area (Å²) in [6.07, 6.45) is 1.83. The van der Waals surface area contributed by atoms with Crippen molar-refractivity contribution in [3.05, 3.63) is 81.8 Å². The van der Waals surface area contributed by atoms with Gasteiger partial charge in [-0.2, -0.15) is 0 Å². The third-order valence-electron chi connectivity index (χ3n) is 8.62. The van der Waals surface area contributed by atoms with Crippen molar-refractivity contribution in [2.75, 3.05) is 44.8 Å². The number of aliphatic hydroxyl groups is 1. The summed E-state index contributed by atoms with van der Waals surface area (Å²) in [5, 5.41) is 11.2. The van der Waals surface area contributed by atoms with E-state index in [1.807, 2.05) is 63.4 Å².